The molecule has 5 nitrogen and oxygen atoms in total. The number of benzene rings is 2. The van der Waals surface area contributed by atoms with Gasteiger partial charge >= 0.3 is 0 Å². The number of rotatable bonds is 4. The van der Waals surface area contributed by atoms with Crippen LogP contribution in [0.3, 0.4) is 0 Å². The Morgan fingerprint density at radius 2 is 1.77 bits per heavy atom. The Balaban J connectivity index is 1.53. The van der Waals surface area contributed by atoms with Gasteiger partial charge in [-0.15, -0.1) is 0 Å². The minimum absolute atomic E-state index is 0.577. The molecule has 30 heavy (non-hydrogen) atoms. The van der Waals surface area contributed by atoms with Crippen LogP contribution in [0.15, 0.2) is 48.5 Å². The lowest BCUT2D eigenvalue weighted by atomic mass is 10.0. The van der Waals surface area contributed by atoms with E-state index < -0.39 is 0 Å². The fourth-order valence-corrected chi connectivity index (χ4v) is 4.30. The summed E-state index contributed by atoms with van der Waals surface area (Å²) < 4.78 is 7.96. The first kappa shape index (κ1) is 18.7. The Morgan fingerprint density at radius 1 is 0.967 bits per heavy atom. The Morgan fingerprint density at radius 3 is 2.63 bits per heavy atom. The summed E-state index contributed by atoms with van der Waals surface area (Å²) in [5.41, 5.74) is 10.2. The number of anilines is 2. The van der Waals surface area contributed by atoms with E-state index in [4.69, 9.17) is 14.7 Å². The van der Waals surface area contributed by atoms with E-state index in [9.17, 15) is 0 Å². The molecule has 0 aliphatic carbocycles. The molecule has 5 heteroatoms. The third-order valence-electron chi connectivity index (χ3n) is 5.72. The molecule has 1 N–H and O–H groups in total. The van der Waals surface area contributed by atoms with E-state index >= 15 is 0 Å². The zero-order valence-corrected chi connectivity index (χ0v) is 17.7. The van der Waals surface area contributed by atoms with Gasteiger partial charge in [-0.2, -0.15) is 4.98 Å². The summed E-state index contributed by atoms with van der Waals surface area (Å²) in [7, 11) is 0. The van der Waals surface area contributed by atoms with Crippen molar-refractivity contribution in [2.75, 3.05) is 11.9 Å². The molecule has 1 aliphatic heterocycles. The average Bonchev–Trinajstić information content (AvgIpc) is 2.95. The van der Waals surface area contributed by atoms with Crippen molar-refractivity contribution in [2.45, 2.75) is 40.2 Å². The van der Waals surface area contributed by atoms with Crippen LogP contribution in [0, 0.1) is 13.8 Å². The van der Waals surface area contributed by atoms with Gasteiger partial charge < -0.3 is 10.1 Å². The molecule has 0 saturated heterocycles. The van der Waals surface area contributed by atoms with Crippen LogP contribution < -0.4 is 10.1 Å². The molecule has 152 valence electrons. The number of ether oxygens (including phenoxy) is 1. The lowest BCUT2D eigenvalue weighted by Gasteiger charge is -2.13. The Hall–Kier alpha value is -3.34. The molecule has 1 aliphatic rings. The fourth-order valence-electron chi connectivity index (χ4n) is 4.30. The number of nitrogens with zero attached hydrogens (tertiary/aromatic N) is 3. The molecule has 0 atom stereocenters. The molecule has 3 heterocycles. The third kappa shape index (κ3) is 3.30. The van der Waals surface area contributed by atoms with Crippen LogP contribution in [0.25, 0.3) is 11.2 Å². The molecule has 0 saturated carbocycles. The summed E-state index contributed by atoms with van der Waals surface area (Å²) in [6.45, 7) is 7.35. The highest BCUT2D eigenvalue weighted by Crippen LogP contribution is 2.31. The highest BCUT2D eigenvalue weighted by molar-refractivity contribution is 5.77. The first-order valence-electron chi connectivity index (χ1n) is 10.6. The Kier molecular flexibility index (Phi) is 4.66. The molecule has 0 unspecified atom stereocenters. The third-order valence-corrected chi connectivity index (χ3v) is 5.72. The summed E-state index contributed by atoms with van der Waals surface area (Å²) >= 11 is 0. The standard InChI is InChI=1S/C25H26N4O/c1-4-30-25-28-23-16(2)13-17(3)26-24(23)29(25)15-18-9-12-22-20(14-18)11-10-19-7-5-6-8-21(19)27-22/h5-9,12-14,27H,4,10-11,15H2,1-3H3. The number of aryl methyl sites for hydroxylation is 4. The fraction of sp³-hybridized carbons (Fsp3) is 0.280. The van der Waals surface area contributed by atoms with Gasteiger partial charge in [-0.1, -0.05) is 30.3 Å². The lowest BCUT2D eigenvalue weighted by molar-refractivity contribution is 0.301. The molecule has 0 bridgehead atoms. The molecule has 2 aromatic carbocycles. The topological polar surface area (TPSA) is 52.0 Å². The van der Waals surface area contributed by atoms with Crippen LogP contribution in [0.4, 0.5) is 11.4 Å². The van der Waals surface area contributed by atoms with Crippen LogP contribution in [-0.4, -0.2) is 21.1 Å². The monoisotopic (exact) mass is 398 g/mol. The van der Waals surface area contributed by atoms with Crippen molar-refractivity contribution in [3.8, 4) is 6.01 Å². The average molecular weight is 399 g/mol. The number of fused-ring (bicyclic) bond motifs is 3. The maximum Gasteiger partial charge on any atom is 0.298 e. The van der Waals surface area contributed by atoms with Crippen LogP contribution in [-0.2, 0) is 19.4 Å². The molecule has 2 aromatic heterocycles. The normalized spacial score (nSPS) is 12.8. The predicted octanol–water partition coefficient (Wildman–Crippen LogP) is 5.34. The quantitative estimate of drug-likeness (QED) is 0.504. The summed E-state index contributed by atoms with van der Waals surface area (Å²) in [6.07, 6.45) is 2.06. The minimum Gasteiger partial charge on any atom is -0.465 e. The molecule has 0 spiro atoms. The summed E-state index contributed by atoms with van der Waals surface area (Å²) in [6, 6.07) is 17.9. The largest absolute Gasteiger partial charge is 0.465 e. The molecule has 0 amide bonds. The van der Waals surface area contributed by atoms with Crippen LogP contribution >= 0.6 is 0 Å². The SMILES string of the molecule is CCOc1nc2c(C)cc(C)nc2n1Cc1ccc2c(c1)CCc1ccccc1N2. The van der Waals surface area contributed by atoms with Crippen molar-refractivity contribution in [3.05, 3.63) is 76.5 Å². The Labute approximate surface area is 176 Å². The molecular weight excluding hydrogens is 372 g/mol. The summed E-state index contributed by atoms with van der Waals surface area (Å²) in [5.74, 6) is 0. The van der Waals surface area contributed by atoms with Crippen molar-refractivity contribution in [1.29, 1.82) is 0 Å². The van der Waals surface area contributed by atoms with Crippen molar-refractivity contribution in [1.82, 2.24) is 14.5 Å². The van der Waals surface area contributed by atoms with Gasteiger partial charge in [0.1, 0.15) is 5.52 Å². The number of hydrogen-bond acceptors (Lipinski definition) is 4. The van der Waals surface area contributed by atoms with Crippen LogP contribution in [0.2, 0.25) is 0 Å². The number of hydrogen-bond donors (Lipinski definition) is 1. The number of pyridine rings is 1. The highest BCUT2D eigenvalue weighted by atomic mass is 16.5. The second-order valence-corrected chi connectivity index (χ2v) is 7.94. The smallest absolute Gasteiger partial charge is 0.298 e. The summed E-state index contributed by atoms with van der Waals surface area (Å²) in [4.78, 5) is 9.51. The van der Waals surface area contributed by atoms with Gasteiger partial charge in [0.2, 0.25) is 0 Å². The highest BCUT2D eigenvalue weighted by Gasteiger charge is 2.17. The van der Waals surface area contributed by atoms with Gasteiger partial charge in [-0.25, -0.2) is 4.98 Å². The number of aromatic nitrogens is 3. The first-order chi connectivity index (χ1) is 14.6. The van der Waals surface area contributed by atoms with E-state index in [1.165, 1.54) is 28.1 Å². The maximum atomic E-state index is 5.86. The van der Waals surface area contributed by atoms with Gasteiger partial charge in [0.15, 0.2) is 5.65 Å². The van der Waals surface area contributed by atoms with Crippen molar-refractivity contribution in [3.63, 3.8) is 0 Å². The zero-order chi connectivity index (χ0) is 20.7. The number of imidazole rings is 1. The van der Waals surface area contributed by atoms with Crippen LogP contribution in [0.5, 0.6) is 6.01 Å². The van der Waals surface area contributed by atoms with Gasteiger partial charge in [-0.05, 0) is 74.1 Å². The molecule has 5 rings (SSSR count). The predicted molar refractivity (Wildman–Crippen MR) is 121 cm³/mol. The Bertz CT molecular complexity index is 1240. The minimum atomic E-state index is 0.577. The second kappa shape index (κ2) is 7.48. The van der Waals surface area contributed by atoms with Crippen molar-refractivity contribution >= 4 is 22.5 Å². The van der Waals surface area contributed by atoms with E-state index in [2.05, 4.69) is 65.3 Å². The number of nitrogens with one attached hydrogen (secondary N) is 1. The molecule has 0 radical (unpaired) electrons. The van der Waals surface area contributed by atoms with Gasteiger partial charge in [0, 0.05) is 17.1 Å². The van der Waals surface area contributed by atoms with E-state index in [1.807, 2.05) is 13.8 Å². The van der Waals surface area contributed by atoms with Crippen LogP contribution in [0.1, 0.15) is 34.9 Å². The van der Waals surface area contributed by atoms with Gasteiger partial charge in [-0.3, -0.25) is 4.57 Å². The first-order valence-corrected chi connectivity index (χ1v) is 10.6. The molecule has 0 fully saturated rings. The van der Waals surface area contributed by atoms with Crippen molar-refractivity contribution < 1.29 is 4.74 Å². The lowest BCUT2D eigenvalue weighted by Crippen LogP contribution is -2.07. The molecular formula is C25H26N4O. The van der Waals surface area contributed by atoms with Crippen molar-refractivity contribution in [2.24, 2.45) is 0 Å². The summed E-state index contributed by atoms with van der Waals surface area (Å²) in [5, 5.41) is 3.61. The van der Waals surface area contributed by atoms with E-state index in [0.717, 1.165) is 35.3 Å². The van der Waals surface area contributed by atoms with E-state index in [1.54, 1.807) is 0 Å². The second-order valence-electron chi connectivity index (χ2n) is 7.94. The molecule has 4 aromatic rings. The van der Waals surface area contributed by atoms with Gasteiger partial charge in [0.05, 0.1) is 13.2 Å². The maximum absolute atomic E-state index is 5.86. The number of para-hydroxylation sites is 1. The zero-order valence-electron chi connectivity index (χ0n) is 17.7. The van der Waals surface area contributed by atoms with E-state index in [-0.39, 0.29) is 0 Å². The van der Waals surface area contributed by atoms with E-state index in [0.29, 0.717) is 19.2 Å². The van der Waals surface area contributed by atoms with Gasteiger partial charge in [0.25, 0.3) is 6.01 Å².